The van der Waals surface area contributed by atoms with E-state index in [9.17, 15) is 9.59 Å². The summed E-state index contributed by atoms with van der Waals surface area (Å²) < 4.78 is 0. The molecule has 0 spiro atoms. The summed E-state index contributed by atoms with van der Waals surface area (Å²) in [6, 6.07) is 0. The zero-order chi connectivity index (χ0) is 12.8. The smallest absolute Gasteiger partial charge is 0.651 e. The SMILES string of the molecule is O=C(O)C[N-]CCO.O=C(O)C[N-]CCO.[Cu+2].[Cu]. The van der Waals surface area contributed by atoms with Crippen LogP contribution in [0, 0.1) is 0 Å². The van der Waals surface area contributed by atoms with Gasteiger partial charge in [-0.3, -0.25) is 9.59 Å². The van der Waals surface area contributed by atoms with E-state index in [0.717, 1.165) is 0 Å². The molecule has 0 saturated heterocycles. The van der Waals surface area contributed by atoms with Gasteiger partial charge in [-0.2, -0.15) is 0 Å². The van der Waals surface area contributed by atoms with Crippen LogP contribution in [0.4, 0.5) is 0 Å². The number of aliphatic carboxylic acids is 2. The summed E-state index contributed by atoms with van der Waals surface area (Å²) in [6.45, 7) is -0.139. The molecule has 0 atom stereocenters. The van der Waals surface area contributed by atoms with Crippen LogP contribution >= 0.6 is 0 Å². The molecule has 0 aliphatic heterocycles. The Labute approximate surface area is 126 Å². The molecule has 0 aliphatic carbocycles. The second kappa shape index (κ2) is 22.0. The maximum Gasteiger partial charge on any atom is 2.00 e. The van der Waals surface area contributed by atoms with E-state index in [1.54, 1.807) is 0 Å². The normalized spacial score (nSPS) is 8.11. The van der Waals surface area contributed by atoms with Gasteiger partial charge >= 0.3 is 17.1 Å². The van der Waals surface area contributed by atoms with E-state index in [1.807, 2.05) is 0 Å². The van der Waals surface area contributed by atoms with Crippen LogP contribution in [0.1, 0.15) is 0 Å². The monoisotopic (exact) mass is 362 g/mol. The Morgan fingerprint density at radius 2 is 1.11 bits per heavy atom. The number of nitrogens with zero attached hydrogens (tertiary/aromatic N) is 2. The fourth-order valence-electron chi connectivity index (χ4n) is 0.491. The van der Waals surface area contributed by atoms with E-state index in [1.165, 1.54) is 0 Å². The third-order valence-corrected chi connectivity index (χ3v) is 1.01. The Hall–Kier alpha value is -0.181. The zero-order valence-electron chi connectivity index (χ0n) is 9.35. The third kappa shape index (κ3) is 36.0. The van der Waals surface area contributed by atoms with Crippen molar-refractivity contribution >= 4 is 11.9 Å². The van der Waals surface area contributed by atoms with Gasteiger partial charge < -0.3 is 31.1 Å². The number of rotatable bonds is 8. The second-order valence-electron chi connectivity index (χ2n) is 2.45. The van der Waals surface area contributed by atoms with Crippen molar-refractivity contribution in [2.24, 2.45) is 0 Å². The fraction of sp³-hybridized carbons (Fsp3) is 0.750. The van der Waals surface area contributed by atoms with E-state index >= 15 is 0 Å². The molecule has 0 aromatic carbocycles. The molecule has 0 bridgehead atoms. The van der Waals surface area contributed by atoms with Gasteiger partial charge in [0.25, 0.3) is 11.9 Å². The van der Waals surface area contributed by atoms with Gasteiger partial charge in [-0.15, -0.1) is 13.1 Å². The Morgan fingerprint density at radius 3 is 1.28 bits per heavy atom. The van der Waals surface area contributed by atoms with Crippen molar-refractivity contribution in [3.63, 3.8) is 0 Å². The van der Waals surface area contributed by atoms with Crippen LogP contribution in [0.3, 0.4) is 0 Å². The van der Waals surface area contributed by atoms with E-state index < -0.39 is 11.9 Å². The summed E-state index contributed by atoms with van der Waals surface area (Å²) in [6.07, 6.45) is 0. The molecule has 0 aliphatic rings. The van der Waals surface area contributed by atoms with Gasteiger partial charge in [-0.1, -0.05) is 0 Å². The van der Waals surface area contributed by atoms with Crippen molar-refractivity contribution in [1.82, 2.24) is 0 Å². The number of hydrogen-bond acceptors (Lipinski definition) is 4. The Morgan fingerprint density at radius 1 is 0.833 bits per heavy atom. The van der Waals surface area contributed by atoms with Gasteiger partial charge in [-0.25, -0.2) is 0 Å². The molecule has 0 aromatic rings. The summed E-state index contributed by atoms with van der Waals surface area (Å²) in [5, 5.41) is 39.0. The van der Waals surface area contributed by atoms with Crippen LogP contribution in [0.5, 0.6) is 0 Å². The van der Waals surface area contributed by atoms with Gasteiger partial charge in [-0.05, 0) is 13.1 Å². The molecule has 8 nitrogen and oxygen atoms in total. The maximum atomic E-state index is 9.70. The Bertz CT molecular complexity index is 176. The van der Waals surface area contributed by atoms with E-state index in [4.69, 9.17) is 20.4 Å². The molecule has 4 N–H and O–H groups in total. The molecule has 116 valence electrons. The number of aliphatic hydroxyl groups excluding tert-OH is 2. The molecule has 0 saturated carbocycles. The minimum absolute atomic E-state index is 0. The number of carboxylic acids is 2. The first-order valence-electron chi connectivity index (χ1n) is 4.46. The number of hydrogen-bond donors (Lipinski definition) is 4. The van der Waals surface area contributed by atoms with Crippen LogP contribution in [0.2, 0.25) is 0 Å². The van der Waals surface area contributed by atoms with Crippen molar-refractivity contribution in [2.75, 3.05) is 39.4 Å². The third-order valence-electron chi connectivity index (χ3n) is 1.01. The van der Waals surface area contributed by atoms with E-state index in [0.29, 0.717) is 0 Å². The Balaban J connectivity index is -0.0000000980. The van der Waals surface area contributed by atoms with Crippen molar-refractivity contribution in [3.8, 4) is 0 Å². The molecule has 0 fully saturated rings. The largest absolute Gasteiger partial charge is 2.00 e. The van der Waals surface area contributed by atoms with Crippen molar-refractivity contribution < 1.29 is 64.2 Å². The predicted octanol–water partition coefficient (Wildman–Crippen LogP) is -1.13. The predicted molar refractivity (Wildman–Crippen MR) is 55.6 cm³/mol. The average Bonchev–Trinajstić information content (AvgIpc) is 2.18. The zero-order valence-corrected chi connectivity index (χ0v) is 11.2. The summed E-state index contributed by atoms with van der Waals surface area (Å²) in [7, 11) is 0. The summed E-state index contributed by atoms with van der Waals surface area (Å²) in [4.78, 5) is 19.4. The van der Waals surface area contributed by atoms with Crippen LogP contribution in [0.15, 0.2) is 0 Å². The van der Waals surface area contributed by atoms with Crippen LogP contribution in [-0.2, 0) is 43.7 Å². The molecular weight excluding hydrogens is 347 g/mol. The number of carboxylic acid groups (broad SMARTS) is 2. The fourth-order valence-corrected chi connectivity index (χ4v) is 0.491. The van der Waals surface area contributed by atoms with Crippen molar-refractivity contribution in [2.45, 2.75) is 0 Å². The van der Waals surface area contributed by atoms with Crippen LogP contribution < -0.4 is 0 Å². The van der Waals surface area contributed by atoms with Gasteiger partial charge in [0, 0.05) is 30.3 Å². The molecule has 18 heavy (non-hydrogen) atoms. The molecule has 2 radical (unpaired) electrons. The summed E-state index contributed by atoms with van der Waals surface area (Å²) >= 11 is 0. The van der Waals surface area contributed by atoms with E-state index in [2.05, 4.69) is 10.6 Å². The van der Waals surface area contributed by atoms with Gasteiger partial charge in [0.15, 0.2) is 0 Å². The molecule has 0 unspecified atom stereocenters. The first-order chi connectivity index (χ1) is 7.54. The quantitative estimate of drug-likeness (QED) is 0.317. The topological polar surface area (TPSA) is 143 Å². The first kappa shape index (κ1) is 26.4. The minimum Gasteiger partial charge on any atom is -0.651 e. The Kier molecular flexibility index (Phi) is 32.3. The van der Waals surface area contributed by atoms with Crippen molar-refractivity contribution in [3.05, 3.63) is 10.6 Å². The summed E-state index contributed by atoms with van der Waals surface area (Å²) in [5.41, 5.74) is 0. The van der Waals surface area contributed by atoms with Gasteiger partial charge in [0.2, 0.25) is 0 Å². The average molecular weight is 363 g/mol. The number of aliphatic hydroxyl groups is 2. The molecule has 10 heteroatoms. The standard InChI is InChI=1S/2C4H8NO3.2Cu/c2*6-2-1-5-3-4(7)8;;/h2*6H,1-3H2,(H,7,8);;/q2*-1;;+2. The first-order valence-corrected chi connectivity index (χ1v) is 4.46. The van der Waals surface area contributed by atoms with Gasteiger partial charge in [0.1, 0.15) is 0 Å². The molecule has 0 heterocycles. The second-order valence-corrected chi connectivity index (χ2v) is 2.45. The minimum atomic E-state index is -0.960. The van der Waals surface area contributed by atoms with Crippen LogP contribution in [0.25, 0.3) is 10.6 Å². The molecular formula is C8H16Cu2N2O6. The maximum absolute atomic E-state index is 9.70. The molecule has 0 amide bonds. The van der Waals surface area contributed by atoms with E-state index in [-0.39, 0.29) is 73.5 Å². The molecule has 0 rings (SSSR count). The van der Waals surface area contributed by atoms with Crippen LogP contribution in [-0.4, -0.2) is 71.8 Å². The summed E-state index contributed by atoms with van der Waals surface area (Å²) in [5.74, 6) is -1.92. The molecule has 0 aromatic heterocycles. The number of carbonyl (C=O) groups is 2. The van der Waals surface area contributed by atoms with Gasteiger partial charge in [0.05, 0.1) is 0 Å². The van der Waals surface area contributed by atoms with Crippen molar-refractivity contribution in [1.29, 1.82) is 0 Å².